The van der Waals surface area contributed by atoms with Gasteiger partial charge in [-0.05, 0) is 18.1 Å². The molecule has 0 spiro atoms. The van der Waals surface area contributed by atoms with Crippen LogP contribution in [0.25, 0.3) is 0 Å². The van der Waals surface area contributed by atoms with Gasteiger partial charge in [0.25, 0.3) is 0 Å². The van der Waals surface area contributed by atoms with E-state index in [9.17, 15) is 5.11 Å². The molecule has 1 aromatic heterocycles. The van der Waals surface area contributed by atoms with Crippen LogP contribution in [0, 0.1) is 5.41 Å². The highest BCUT2D eigenvalue weighted by atomic mass is 35.5. The number of halogens is 1. The molecule has 0 radical (unpaired) electrons. The van der Waals surface area contributed by atoms with Crippen LogP contribution < -0.4 is 5.32 Å². The Bertz CT molecular complexity index is 395. The molecule has 18 heavy (non-hydrogen) atoms. The minimum atomic E-state index is -0.406. The third-order valence-corrected chi connectivity index (χ3v) is 2.97. The monoisotopic (exact) mass is 289 g/mol. The Morgan fingerprint density at radius 2 is 2.11 bits per heavy atom. The largest absolute Gasteiger partial charge is 0.391 e. The first-order valence-electron chi connectivity index (χ1n) is 5.80. The Labute approximate surface area is 118 Å². The van der Waals surface area contributed by atoms with Gasteiger partial charge in [-0.1, -0.05) is 44.1 Å². The first-order chi connectivity index (χ1) is 8.30. The molecular weight excluding hydrogens is 270 g/mol. The van der Waals surface area contributed by atoms with Gasteiger partial charge in [0.1, 0.15) is 11.0 Å². The average Bonchev–Trinajstić information content (AvgIpc) is 2.23. The summed E-state index contributed by atoms with van der Waals surface area (Å²) in [5, 5.41) is 14.0. The molecular formula is C12H20ClN3OS. The number of nitrogens with one attached hydrogen (secondary N) is 1. The minimum Gasteiger partial charge on any atom is -0.391 e. The summed E-state index contributed by atoms with van der Waals surface area (Å²) >= 11 is 7.32. The fraction of sp³-hybridized carbons (Fsp3) is 0.667. The summed E-state index contributed by atoms with van der Waals surface area (Å²) in [6.45, 7) is 6.76. The van der Waals surface area contributed by atoms with Gasteiger partial charge < -0.3 is 10.4 Å². The second-order valence-electron chi connectivity index (χ2n) is 5.36. The quantitative estimate of drug-likeness (QED) is 0.496. The predicted octanol–water partition coefficient (Wildman–Crippen LogP) is 3.06. The molecule has 0 saturated carbocycles. The molecule has 0 bridgehead atoms. The Hall–Kier alpha value is -0.520. The Kier molecular flexibility index (Phi) is 5.69. The van der Waals surface area contributed by atoms with E-state index in [1.807, 2.05) is 6.26 Å². The zero-order valence-electron chi connectivity index (χ0n) is 11.2. The molecule has 0 aromatic carbocycles. The minimum absolute atomic E-state index is 0.106. The molecule has 1 rings (SSSR count). The van der Waals surface area contributed by atoms with Gasteiger partial charge in [-0.2, -0.15) is 0 Å². The number of hydrogen-bond donors (Lipinski definition) is 2. The number of nitrogens with zero attached hydrogens (tertiary/aromatic N) is 2. The zero-order valence-corrected chi connectivity index (χ0v) is 12.8. The van der Waals surface area contributed by atoms with Crippen LogP contribution in [0.5, 0.6) is 0 Å². The van der Waals surface area contributed by atoms with Gasteiger partial charge in [-0.15, -0.1) is 0 Å². The maximum Gasteiger partial charge on any atom is 0.190 e. The van der Waals surface area contributed by atoms with E-state index in [2.05, 4.69) is 36.1 Å². The van der Waals surface area contributed by atoms with Crippen molar-refractivity contribution in [2.75, 3.05) is 18.1 Å². The summed E-state index contributed by atoms with van der Waals surface area (Å²) in [4.78, 5) is 8.32. The number of thioether (sulfide) groups is 1. The van der Waals surface area contributed by atoms with Crippen LogP contribution in [0.4, 0.5) is 5.82 Å². The second kappa shape index (κ2) is 6.59. The topological polar surface area (TPSA) is 58.0 Å². The fourth-order valence-corrected chi connectivity index (χ4v) is 2.19. The van der Waals surface area contributed by atoms with E-state index >= 15 is 0 Å². The SMILES string of the molecule is CSc1nc(Cl)cc(NCC(O)CC(C)(C)C)n1. The summed E-state index contributed by atoms with van der Waals surface area (Å²) in [6.07, 6.45) is 2.22. The summed E-state index contributed by atoms with van der Waals surface area (Å²) in [5.74, 6) is 0.646. The Morgan fingerprint density at radius 1 is 1.44 bits per heavy atom. The summed E-state index contributed by atoms with van der Waals surface area (Å²) < 4.78 is 0. The van der Waals surface area contributed by atoms with Crippen molar-refractivity contribution in [2.45, 2.75) is 38.5 Å². The van der Waals surface area contributed by atoms with E-state index in [1.165, 1.54) is 11.8 Å². The van der Waals surface area contributed by atoms with Crippen LogP contribution in [-0.4, -0.2) is 34.0 Å². The summed E-state index contributed by atoms with van der Waals surface area (Å²) in [5.41, 5.74) is 0.106. The molecule has 1 heterocycles. The van der Waals surface area contributed by atoms with Crippen molar-refractivity contribution in [2.24, 2.45) is 5.41 Å². The van der Waals surface area contributed by atoms with Gasteiger partial charge in [0.2, 0.25) is 0 Å². The average molecular weight is 290 g/mol. The summed E-state index contributed by atoms with van der Waals surface area (Å²) in [7, 11) is 0. The van der Waals surface area contributed by atoms with E-state index in [-0.39, 0.29) is 5.41 Å². The lowest BCUT2D eigenvalue weighted by Crippen LogP contribution is -2.25. The van der Waals surface area contributed by atoms with Gasteiger partial charge in [0, 0.05) is 12.6 Å². The predicted molar refractivity (Wildman–Crippen MR) is 77.4 cm³/mol. The second-order valence-corrected chi connectivity index (χ2v) is 6.52. The Balaban J connectivity index is 2.55. The van der Waals surface area contributed by atoms with E-state index in [0.29, 0.717) is 22.7 Å². The molecule has 4 nitrogen and oxygen atoms in total. The van der Waals surface area contributed by atoms with E-state index < -0.39 is 6.10 Å². The normalized spacial score (nSPS) is 13.4. The number of aliphatic hydroxyl groups is 1. The maximum absolute atomic E-state index is 9.90. The van der Waals surface area contributed by atoms with E-state index in [1.54, 1.807) is 6.07 Å². The molecule has 2 N–H and O–H groups in total. The van der Waals surface area contributed by atoms with Crippen LogP contribution in [0.3, 0.4) is 0 Å². The molecule has 0 fully saturated rings. The molecule has 1 aromatic rings. The highest BCUT2D eigenvalue weighted by Crippen LogP contribution is 2.21. The van der Waals surface area contributed by atoms with Crippen LogP contribution in [0.15, 0.2) is 11.2 Å². The van der Waals surface area contributed by atoms with Crippen molar-refractivity contribution in [3.05, 3.63) is 11.2 Å². The standard InChI is InChI=1S/C12H20ClN3OS/c1-12(2,3)6-8(17)7-14-10-5-9(13)15-11(16-10)18-4/h5,8,17H,6-7H2,1-4H3,(H,14,15,16). The highest BCUT2D eigenvalue weighted by Gasteiger charge is 2.16. The van der Waals surface area contributed by atoms with Crippen molar-refractivity contribution in [3.63, 3.8) is 0 Å². The van der Waals surface area contributed by atoms with Crippen molar-refractivity contribution in [3.8, 4) is 0 Å². The van der Waals surface area contributed by atoms with Crippen molar-refractivity contribution in [1.82, 2.24) is 9.97 Å². The third kappa shape index (κ3) is 5.89. The lowest BCUT2D eigenvalue weighted by Gasteiger charge is -2.22. The van der Waals surface area contributed by atoms with Crippen LogP contribution in [0.2, 0.25) is 5.15 Å². The Morgan fingerprint density at radius 3 is 2.67 bits per heavy atom. The molecule has 0 saturated heterocycles. The maximum atomic E-state index is 9.90. The van der Waals surface area contributed by atoms with Crippen molar-refractivity contribution in [1.29, 1.82) is 0 Å². The molecule has 6 heteroatoms. The van der Waals surface area contributed by atoms with Gasteiger partial charge in [-0.25, -0.2) is 9.97 Å². The van der Waals surface area contributed by atoms with Gasteiger partial charge >= 0.3 is 0 Å². The molecule has 1 atom stereocenters. The molecule has 1 unspecified atom stereocenters. The van der Waals surface area contributed by atoms with Crippen molar-refractivity contribution < 1.29 is 5.11 Å². The highest BCUT2D eigenvalue weighted by molar-refractivity contribution is 7.98. The molecule has 0 aliphatic rings. The lowest BCUT2D eigenvalue weighted by molar-refractivity contribution is 0.132. The third-order valence-electron chi connectivity index (χ3n) is 2.22. The molecule has 0 aliphatic heterocycles. The first kappa shape index (κ1) is 15.5. The first-order valence-corrected chi connectivity index (χ1v) is 7.41. The molecule has 0 amide bonds. The van der Waals surface area contributed by atoms with Crippen LogP contribution >= 0.6 is 23.4 Å². The number of aliphatic hydroxyl groups excluding tert-OH is 1. The smallest absolute Gasteiger partial charge is 0.190 e. The van der Waals surface area contributed by atoms with E-state index in [0.717, 1.165) is 6.42 Å². The van der Waals surface area contributed by atoms with E-state index in [4.69, 9.17) is 11.6 Å². The number of aromatic nitrogens is 2. The van der Waals surface area contributed by atoms with Gasteiger partial charge in [0.05, 0.1) is 6.10 Å². The number of hydrogen-bond acceptors (Lipinski definition) is 5. The lowest BCUT2D eigenvalue weighted by atomic mass is 9.89. The van der Waals surface area contributed by atoms with Gasteiger partial charge in [-0.3, -0.25) is 0 Å². The van der Waals surface area contributed by atoms with Crippen LogP contribution in [-0.2, 0) is 0 Å². The fourth-order valence-electron chi connectivity index (χ4n) is 1.58. The van der Waals surface area contributed by atoms with Gasteiger partial charge in [0.15, 0.2) is 5.16 Å². The van der Waals surface area contributed by atoms with Crippen LogP contribution in [0.1, 0.15) is 27.2 Å². The number of rotatable bonds is 5. The zero-order chi connectivity index (χ0) is 13.8. The van der Waals surface area contributed by atoms with Crippen molar-refractivity contribution >= 4 is 29.2 Å². The summed E-state index contributed by atoms with van der Waals surface area (Å²) in [6, 6.07) is 1.66. The molecule has 0 aliphatic carbocycles. The number of anilines is 1. The molecule has 102 valence electrons.